The van der Waals surface area contributed by atoms with Crippen LogP contribution in [0.5, 0.6) is 0 Å². The van der Waals surface area contributed by atoms with Gasteiger partial charge in [-0.05, 0) is 30.6 Å². The van der Waals surface area contributed by atoms with Gasteiger partial charge in [0, 0.05) is 0 Å². The molecule has 0 aliphatic rings. The van der Waals surface area contributed by atoms with Crippen molar-refractivity contribution in [2.24, 2.45) is 5.92 Å². The van der Waals surface area contributed by atoms with E-state index in [0.717, 1.165) is 5.92 Å². The lowest BCUT2D eigenvalue weighted by molar-refractivity contribution is 0.747. The van der Waals surface area contributed by atoms with Gasteiger partial charge in [0.15, 0.2) is 0 Å². The number of hydrogen-bond donors (Lipinski definition) is 0. The topological polar surface area (TPSA) is 0 Å². The molecule has 2 aromatic carbocycles. The summed E-state index contributed by atoms with van der Waals surface area (Å²) in [5, 5.41) is 2.98. The molecule has 88 valence electrons. The molecule has 17 heavy (non-hydrogen) atoms. The molecule has 0 N–H and O–H groups in total. The first kappa shape index (κ1) is 12.3. The van der Waals surface area contributed by atoms with Crippen LogP contribution in [0.15, 0.2) is 60.7 Å². The first-order valence-corrected chi connectivity index (χ1v) is 7.67. The Kier molecular flexibility index (Phi) is 4.34. The van der Waals surface area contributed by atoms with Gasteiger partial charge in [0.25, 0.3) is 0 Å². The van der Waals surface area contributed by atoms with E-state index in [9.17, 15) is 0 Å². The Hall–Kier alpha value is -1.13. The first-order valence-electron chi connectivity index (χ1n) is 6.15. The van der Waals surface area contributed by atoms with Gasteiger partial charge in [0.2, 0.25) is 0 Å². The lowest BCUT2D eigenvalue weighted by Crippen LogP contribution is -2.16. The molecule has 0 nitrogen and oxygen atoms in total. The molecule has 0 aromatic heterocycles. The van der Waals surface area contributed by atoms with Crippen LogP contribution in [0.2, 0.25) is 0 Å². The van der Waals surface area contributed by atoms with Crippen LogP contribution in [0, 0.1) is 5.92 Å². The molecule has 0 saturated carbocycles. The summed E-state index contributed by atoms with van der Waals surface area (Å²) >= 11 is 0. The van der Waals surface area contributed by atoms with Gasteiger partial charge < -0.3 is 0 Å². The van der Waals surface area contributed by atoms with E-state index in [4.69, 9.17) is 0 Å². The smallest absolute Gasteiger partial charge is 0.0195 e. The highest BCUT2D eigenvalue weighted by Crippen LogP contribution is 2.35. The van der Waals surface area contributed by atoms with Crippen LogP contribution < -0.4 is 10.6 Å². The van der Waals surface area contributed by atoms with Gasteiger partial charge >= 0.3 is 0 Å². The third kappa shape index (κ3) is 3.41. The van der Waals surface area contributed by atoms with Crippen molar-refractivity contribution in [2.45, 2.75) is 13.8 Å². The minimum atomic E-state index is -0.190. The summed E-state index contributed by atoms with van der Waals surface area (Å²) in [6.45, 7) is 4.61. The number of hydrogen-bond acceptors (Lipinski definition) is 0. The SMILES string of the molecule is CC(C)CP(c1ccccc1)c1ccccc1. The molecular formula is C16H19P. The normalized spacial score (nSPS) is 11.1. The fourth-order valence-corrected chi connectivity index (χ4v) is 4.46. The van der Waals surface area contributed by atoms with Crippen molar-refractivity contribution in [3.05, 3.63) is 60.7 Å². The molecule has 2 rings (SSSR count). The lowest BCUT2D eigenvalue weighted by Gasteiger charge is -2.20. The minimum absolute atomic E-state index is 0.190. The van der Waals surface area contributed by atoms with Crippen molar-refractivity contribution in [2.75, 3.05) is 6.16 Å². The first-order chi connectivity index (χ1) is 8.27. The van der Waals surface area contributed by atoms with E-state index in [-0.39, 0.29) is 7.92 Å². The number of benzene rings is 2. The number of rotatable bonds is 4. The summed E-state index contributed by atoms with van der Waals surface area (Å²) in [6.07, 6.45) is 1.27. The van der Waals surface area contributed by atoms with Crippen molar-refractivity contribution >= 4 is 18.5 Å². The molecule has 0 unspecified atom stereocenters. The lowest BCUT2D eigenvalue weighted by atomic mass is 10.3. The maximum Gasteiger partial charge on any atom is -0.0195 e. The average molecular weight is 242 g/mol. The average Bonchev–Trinajstić information content (AvgIpc) is 2.38. The highest BCUT2D eigenvalue weighted by Gasteiger charge is 2.14. The highest BCUT2D eigenvalue weighted by atomic mass is 31.1. The van der Waals surface area contributed by atoms with Crippen LogP contribution in [0.1, 0.15) is 13.8 Å². The molecule has 0 aliphatic carbocycles. The van der Waals surface area contributed by atoms with Gasteiger partial charge in [-0.2, -0.15) is 0 Å². The van der Waals surface area contributed by atoms with E-state index in [1.165, 1.54) is 16.8 Å². The zero-order valence-electron chi connectivity index (χ0n) is 10.5. The predicted molar refractivity (Wildman–Crippen MR) is 78.8 cm³/mol. The van der Waals surface area contributed by atoms with Crippen LogP contribution >= 0.6 is 7.92 Å². The van der Waals surface area contributed by atoms with Crippen LogP contribution in [-0.2, 0) is 0 Å². The molecule has 0 heterocycles. The van der Waals surface area contributed by atoms with Crippen LogP contribution in [-0.4, -0.2) is 6.16 Å². The van der Waals surface area contributed by atoms with Gasteiger partial charge in [0.05, 0.1) is 0 Å². The molecule has 2 aromatic rings. The van der Waals surface area contributed by atoms with Gasteiger partial charge in [-0.1, -0.05) is 74.5 Å². The zero-order chi connectivity index (χ0) is 12.1. The van der Waals surface area contributed by atoms with E-state index in [2.05, 4.69) is 74.5 Å². The quantitative estimate of drug-likeness (QED) is 0.716. The maximum atomic E-state index is 2.31. The largest absolute Gasteiger partial charge is 0.0624 e. The van der Waals surface area contributed by atoms with Gasteiger partial charge in [-0.3, -0.25) is 0 Å². The fraction of sp³-hybridized carbons (Fsp3) is 0.250. The predicted octanol–water partition coefficient (Wildman–Crippen LogP) is 3.78. The van der Waals surface area contributed by atoms with Crippen molar-refractivity contribution in [1.29, 1.82) is 0 Å². The van der Waals surface area contributed by atoms with E-state index >= 15 is 0 Å². The maximum absolute atomic E-state index is 2.31. The molecule has 0 atom stereocenters. The zero-order valence-corrected chi connectivity index (χ0v) is 11.4. The molecule has 0 amide bonds. The van der Waals surface area contributed by atoms with Crippen molar-refractivity contribution in [3.63, 3.8) is 0 Å². The Balaban J connectivity index is 2.32. The van der Waals surface area contributed by atoms with E-state index in [1.807, 2.05) is 0 Å². The molecule has 1 heteroatoms. The Bertz CT molecular complexity index is 394. The second-order valence-electron chi connectivity index (χ2n) is 4.68. The molecule has 0 radical (unpaired) electrons. The molecule has 0 aliphatic heterocycles. The van der Waals surface area contributed by atoms with Crippen LogP contribution in [0.4, 0.5) is 0 Å². The standard InChI is InChI=1S/C16H19P/c1-14(2)13-17(15-9-5-3-6-10-15)16-11-7-4-8-12-16/h3-12,14H,13H2,1-2H3. The molecule has 0 saturated heterocycles. The Morgan fingerprint density at radius 1 is 0.765 bits per heavy atom. The van der Waals surface area contributed by atoms with E-state index < -0.39 is 0 Å². The fourth-order valence-electron chi connectivity index (χ4n) is 1.94. The molecule has 0 fully saturated rings. The van der Waals surface area contributed by atoms with Crippen LogP contribution in [0.3, 0.4) is 0 Å². The van der Waals surface area contributed by atoms with Crippen molar-refractivity contribution in [3.8, 4) is 0 Å². The van der Waals surface area contributed by atoms with Gasteiger partial charge in [-0.25, -0.2) is 0 Å². The van der Waals surface area contributed by atoms with Crippen LogP contribution in [0.25, 0.3) is 0 Å². The Morgan fingerprint density at radius 2 is 1.18 bits per heavy atom. The summed E-state index contributed by atoms with van der Waals surface area (Å²) in [5.41, 5.74) is 0. The Morgan fingerprint density at radius 3 is 1.53 bits per heavy atom. The molecule has 0 bridgehead atoms. The van der Waals surface area contributed by atoms with Gasteiger partial charge in [0.1, 0.15) is 0 Å². The van der Waals surface area contributed by atoms with E-state index in [0.29, 0.717) is 0 Å². The van der Waals surface area contributed by atoms with Crippen molar-refractivity contribution < 1.29 is 0 Å². The summed E-state index contributed by atoms with van der Waals surface area (Å²) in [4.78, 5) is 0. The third-order valence-corrected chi connectivity index (χ3v) is 5.62. The van der Waals surface area contributed by atoms with E-state index in [1.54, 1.807) is 0 Å². The summed E-state index contributed by atoms with van der Waals surface area (Å²) in [7, 11) is -0.190. The Labute approximate surface area is 105 Å². The highest BCUT2D eigenvalue weighted by molar-refractivity contribution is 7.73. The molecular weight excluding hydrogens is 223 g/mol. The molecule has 0 spiro atoms. The van der Waals surface area contributed by atoms with Crippen molar-refractivity contribution in [1.82, 2.24) is 0 Å². The monoisotopic (exact) mass is 242 g/mol. The second kappa shape index (κ2) is 5.98. The minimum Gasteiger partial charge on any atom is -0.0624 e. The van der Waals surface area contributed by atoms with Gasteiger partial charge in [-0.15, -0.1) is 0 Å². The summed E-state index contributed by atoms with van der Waals surface area (Å²) in [6, 6.07) is 21.8. The third-order valence-electron chi connectivity index (χ3n) is 2.68. The second-order valence-corrected chi connectivity index (χ2v) is 6.93. The summed E-state index contributed by atoms with van der Waals surface area (Å²) < 4.78 is 0. The summed E-state index contributed by atoms with van der Waals surface area (Å²) in [5.74, 6) is 0.738.